The van der Waals surface area contributed by atoms with Gasteiger partial charge in [-0.05, 0) is 103 Å². The molecule has 68 heavy (non-hydrogen) atoms. The first kappa shape index (κ1) is 62.3. The third-order valence-corrected chi connectivity index (χ3v) is 11.5. The van der Waals surface area contributed by atoms with E-state index in [0.717, 1.165) is 109 Å². The largest absolute Gasteiger partial charge is 0.394 e. The van der Waals surface area contributed by atoms with E-state index in [-0.39, 0.29) is 12.5 Å². The van der Waals surface area contributed by atoms with Crippen LogP contribution in [0.4, 0.5) is 0 Å². The molecule has 1 fully saturated rings. The summed E-state index contributed by atoms with van der Waals surface area (Å²) in [5, 5.41) is 54.1. The molecule has 1 heterocycles. The van der Waals surface area contributed by atoms with E-state index < -0.39 is 49.5 Å². The van der Waals surface area contributed by atoms with Crippen molar-refractivity contribution in [3.63, 3.8) is 0 Å². The number of aliphatic hydroxyl groups excluding tert-OH is 5. The van der Waals surface area contributed by atoms with Crippen LogP contribution in [-0.4, -0.2) is 87.5 Å². The van der Waals surface area contributed by atoms with Gasteiger partial charge in [0.05, 0.1) is 25.4 Å². The van der Waals surface area contributed by atoms with Gasteiger partial charge in [0.2, 0.25) is 5.91 Å². The van der Waals surface area contributed by atoms with Gasteiger partial charge in [0.25, 0.3) is 0 Å². The lowest BCUT2D eigenvalue weighted by Gasteiger charge is -2.40. The second kappa shape index (κ2) is 47.0. The highest BCUT2D eigenvalue weighted by Gasteiger charge is 2.44. The quantitative estimate of drug-likeness (QED) is 0.0262. The summed E-state index contributed by atoms with van der Waals surface area (Å²) in [5.74, 6) is -0.208. The normalized spacial score (nSPS) is 20.7. The number of unbranched alkanes of at least 4 members (excludes halogenated alkanes) is 12. The molecule has 0 aromatic carbocycles. The summed E-state index contributed by atoms with van der Waals surface area (Å²) < 4.78 is 11.2. The number of ether oxygens (including phenoxy) is 2. The van der Waals surface area contributed by atoms with Crippen molar-refractivity contribution in [1.82, 2.24) is 5.32 Å². The Morgan fingerprint density at radius 2 is 0.926 bits per heavy atom. The number of nitrogens with one attached hydrogen (secondary N) is 1. The molecule has 1 saturated heterocycles. The number of aliphatic hydroxyl groups is 5. The lowest BCUT2D eigenvalue weighted by molar-refractivity contribution is -0.302. The van der Waals surface area contributed by atoms with Gasteiger partial charge >= 0.3 is 0 Å². The van der Waals surface area contributed by atoms with Crippen molar-refractivity contribution in [2.24, 2.45) is 0 Å². The van der Waals surface area contributed by atoms with Crippen LogP contribution in [0.1, 0.15) is 174 Å². The molecule has 7 unspecified atom stereocenters. The average Bonchev–Trinajstić information content (AvgIpc) is 3.34. The van der Waals surface area contributed by atoms with E-state index in [1.807, 2.05) is 6.08 Å². The number of amides is 1. The van der Waals surface area contributed by atoms with Gasteiger partial charge < -0.3 is 40.3 Å². The van der Waals surface area contributed by atoms with Gasteiger partial charge in [-0.2, -0.15) is 0 Å². The molecule has 1 amide bonds. The zero-order chi connectivity index (χ0) is 49.4. The van der Waals surface area contributed by atoms with E-state index >= 15 is 0 Å². The number of hydrogen-bond acceptors (Lipinski definition) is 8. The van der Waals surface area contributed by atoms with Gasteiger partial charge in [0, 0.05) is 6.42 Å². The molecule has 1 rings (SSSR count). The number of allylic oxidation sites excluding steroid dienone is 21. The van der Waals surface area contributed by atoms with Crippen molar-refractivity contribution in [3.8, 4) is 0 Å². The molecule has 0 radical (unpaired) electrons. The number of rotatable bonds is 42. The van der Waals surface area contributed by atoms with E-state index in [4.69, 9.17) is 9.47 Å². The average molecular weight is 946 g/mol. The minimum atomic E-state index is -1.58. The molecule has 1 aliphatic rings. The molecule has 0 aromatic heterocycles. The van der Waals surface area contributed by atoms with Gasteiger partial charge in [-0.25, -0.2) is 0 Å². The molecule has 0 bridgehead atoms. The van der Waals surface area contributed by atoms with E-state index in [9.17, 15) is 30.3 Å². The molecule has 9 heteroatoms. The summed E-state index contributed by atoms with van der Waals surface area (Å²) in [6.45, 7) is 3.57. The van der Waals surface area contributed by atoms with Gasteiger partial charge in [-0.3, -0.25) is 4.79 Å². The molecule has 6 N–H and O–H groups in total. The zero-order valence-electron chi connectivity index (χ0n) is 42.3. The van der Waals surface area contributed by atoms with Crippen LogP contribution >= 0.6 is 0 Å². The van der Waals surface area contributed by atoms with Gasteiger partial charge in [0.15, 0.2) is 6.29 Å². The van der Waals surface area contributed by atoms with Gasteiger partial charge in [0.1, 0.15) is 24.4 Å². The fourth-order valence-electron chi connectivity index (χ4n) is 7.28. The summed E-state index contributed by atoms with van der Waals surface area (Å²) in [4.78, 5) is 13.0. The first-order valence-corrected chi connectivity index (χ1v) is 26.4. The summed E-state index contributed by atoms with van der Waals surface area (Å²) in [5.41, 5.74) is 0. The third-order valence-electron chi connectivity index (χ3n) is 11.5. The van der Waals surface area contributed by atoms with Crippen molar-refractivity contribution in [3.05, 3.63) is 134 Å². The SMILES string of the molecule is CC/C=C\C/C=C\C/C=C\C/C=C\C/C=C\C/C=C\C/C=C\C/C=C\C/C=C\CCCCCCCCCC(=O)NC(COC1OC(CO)C(O)C(O)C1O)C(O)/C=C/CC/C=C/CCCCCC. The van der Waals surface area contributed by atoms with Crippen LogP contribution in [0.5, 0.6) is 0 Å². The van der Waals surface area contributed by atoms with Crippen LogP contribution < -0.4 is 5.32 Å². The smallest absolute Gasteiger partial charge is 0.220 e. The zero-order valence-corrected chi connectivity index (χ0v) is 42.3. The number of carbonyl (C=O) groups is 1. The second-order valence-corrected chi connectivity index (χ2v) is 17.6. The van der Waals surface area contributed by atoms with Crippen molar-refractivity contribution < 1.29 is 39.8 Å². The fraction of sp³-hybridized carbons (Fsp3) is 0.610. The molecule has 1 aliphatic heterocycles. The first-order valence-electron chi connectivity index (χ1n) is 26.4. The maximum Gasteiger partial charge on any atom is 0.220 e. The summed E-state index contributed by atoms with van der Waals surface area (Å²) >= 11 is 0. The second-order valence-electron chi connectivity index (χ2n) is 17.6. The highest BCUT2D eigenvalue weighted by atomic mass is 16.7. The Balaban J connectivity index is 2.20. The van der Waals surface area contributed by atoms with E-state index in [1.165, 1.54) is 44.9 Å². The van der Waals surface area contributed by atoms with E-state index in [2.05, 4.69) is 141 Å². The summed E-state index contributed by atoms with van der Waals surface area (Å²) in [6, 6.07) is -0.836. The highest BCUT2D eigenvalue weighted by molar-refractivity contribution is 5.76. The maximum absolute atomic E-state index is 13.0. The Morgan fingerprint density at radius 1 is 0.515 bits per heavy atom. The Morgan fingerprint density at radius 3 is 1.41 bits per heavy atom. The number of hydrogen-bond donors (Lipinski definition) is 6. The predicted octanol–water partition coefficient (Wildman–Crippen LogP) is 12.6. The molecular weight excluding hydrogens is 851 g/mol. The first-order chi connectivity index (χ1) is 33.3. The van der Waals surface area contributed by atoms with Crippen molar-refractivity contribution >= 4 is 5.91 Å². The van der Waals surface area contributed by atoms with Crippen LogP contribution in [0.3, 0.4) is 0 Å². The molecule has 0 spiro atoms. The van der Waals surface area contributed by atoms with Crippen LogP contribution in [0.15, 0.2) is 134 Å². The Labute approximate surface area is 413 Å². The van der Waals surface area contributed by atoms with E-state index in [1.54, 1.807) is 6.08 Å². The minimum absolute atomic E-state index is 0.208. The lowest BCUT2D eigenvalue weighted by Crippen LogP contribution is -2.60. The van der Waals surface area contributed by atoms with Gasteiger partial charge in [-0.15, -0.1) is 0 Å². The van der Waals surface area contributed by atoms with E-state index in [0.29, 0.717) is 6.42 Å². The Kier molecular flexibility index (Phi) is 43.1. The van der Waals surface area contributed by atoms with Crippen LogP contribution in [0, 0.1) is 0 Å². The maximum atomic E-state index is 13.0. The molecular formula is C59H95NO8. The van der Waals surface area contributed by atoms with Crippen molar-refractivity contribution in [1.29, 1.82) is 0 Å². The molecule has 384 valence electrons. The molecule has 0 aromatic rings. The van der Waals surface area contributed by atoms with Crippen LogP contribution in [-0.2, 0) is 14.3 Å². The standard InChI is InChI=1S/C59H95NO8/c1-3-5-7-9-11-13-15-16-17-18-19-20-21-22-23-24-25-26-27-28-29-30-31-32-33-34-35-36-37-38-39-41-43-45-47-49-55(63)60-52(51-67-59-58(66)57(65)56(64)54(50-61)68-59)53(62)48-46-44-42-40-14-12-10-8-6-4-2/h5,7,11,13-14,16-17,19-20,22-23,25-26,28-29,31-32,34-35,40,46,48,52-54,56-59,61-62,64-66H,3-4,6,8-10,12,15,18,21,24,27,30,33,36-39,41-45,47,49-51H2,1-2H3,(H,60,63)/b7-5-,13-11-,17-16-,20-19-,23-22-,26-25-,29-28-,32-31-,35-34-,40-14+,48-46+. The Bertz CT molecular complexity index is 1520. The lowest BCUT2D eigenvalue weighted by atomic mass is 9.99. The number of carbonyl (C=O) groups excluding carboxylic acids is 1. The Hall–Kier alpha value is -3.67. The fourth-order valence-corrected chi connectivity index (χ4v) is 7.28. The van der Waals surface area contributed by atoms with Crippen molar-refractivity contribution in [2.75, 3.05) is 13.2 Å². The van der Waals surface area contributed by atoms with Crippen LogP contribution in [0.25, 0.3) is 0 Å². The third kappa shape index (κ3) is 36.3. The van der Waals surface area contributed by atoms with Crippen LogP contribution in [0.2, 0.25) is 0 Å². The summed E-state index contributed by atoms with van der Waals surface area (Å²) in [7, 11) is 0. The predicted molar refractivity (Wildman–Crippen MR) is 285 cm³/mol. The topological polar surface area (TPSA) is 149 Å². The molecule has 0 aliphatic carbocycles. The van der Waals surface area contributed by atoms with Gasteiger partial charge in [-0.1, -0.05) is 199 Å². The summed E-state index contributed by atoms with van der Waals surface area (Å²) in [6.07, 6.45) is 65.2. The minimum Gasteiger partial charge on any atom is -0.394 e. The molecule has 7 atom stereocenters. The molecule has 0 saturated carbocycles. The molecule has 9 nitrogen and oxygen atoms in total. The van der Waals surface area contributed by atoms with Crippen molar-refractivity contribution in [2.45, 2.75) is 217 Å². The monoisotopic (exact) mass is 946 g/mol. The highest BCUT2D eigenvalue weighted by Crippen LogP contribution is 2.22.